The van der Waals surface area contributed by atoms with Gasteiger partial charge in [0, 0.05) is 21.7 Å². The van der Waals surface area contributed by atoms with E-state index in [4.69, 9.17) is 16.6 Å². The minimum atomic E-state index is -0.175. The Balaban J connectivity index is 1.90. The van der Waals surface area contributed by atoms with Crippen molar-refractivity contribution in [3.8, 4) is 11.3 Å². The highest BCUT2D eigenvalue weighted by Crippen LogP contribution is 2.30. The van der Waals surface area contributed by atoms with E-state index in [-0.39, 0.29) is 5.91 Å². The predicted octanol–water partition coefficient (Wildman–Crippen LogP) is 5.00. The van der Waals surface area contributed by atoms with E-state index in [1.165, 1.54) is 0 Å². The van der Waals surface area contributed by atoms with E-state index in [2.05, 4.69) is 16.4 Å². The van der Waals surface area contributed by atoms with Gasteiger partial charge in [0.1, 0.15) is 0 Å². The highest BCUT2D eigenvalue weighted by atomic mass is 35.5. The van der Waals surface area contributed by atoms with Crippen molar-refractivity contribution >= 4 is 45.3 Å². The highest BCUT2D eigenvalue weighted by molar-refractivity contribution is 8.14. The summed E-state index contributed by atoms with van der Waals surface area (Å²) in [6, 6.07) is 13.6. The molecular weight excluding hydrogens is 378 g/mol. The summed E-state index contributed by atoms with van der Waals surface area (Å²) in [5, 5.41) is 5.02. The molecule has 4 nitrogen and oxygen atoms in total. The van der Waals surface area contributed by atoms with Crippen LogP contribution in [-0.4, -0.2) is 28.4 Å². The standard InChI is InChI=1S/C21H18ClN3OS/c1-12-4-3-5-14(10-12)18-11-16(20(26)25-21-23-8-9-27-21)15-6-7-17(22)13(2)19(15)24-18/h3-7,10-11H,8-9H2,1-2H3,(H,23,25,26). The number of rotatable bonds is 2. The van der Waals surface area contributed by atoms with Crippen LogP contribution >= 0.6 is 23.4 Å². The first-order valence-corrected chi connectivity index (χ1v) is 10.0. The van der Waals surface area contributed by atoms with E-state index >= 15 is 0 Å². The summed E-state index contributed by atoms with van der Waals surface area (Å²) in [4.78, 5) is 22.1. The van der Waals surface area contributed by atoms with Crippen molar-refractivity contribution < 1.29 is 4.79 Å². The largest absolute Gasteiger partial charge is 0.301 e. The van der Waals surface area contributed by atoms with Gasteiger partial charge in [0.15, 0.2) is 5.17 Å². The molecule has 2 heterocycles. The number of carbonyl (C=O) groups is 1. The average molecular weight is 396 g/mol. The lowest BCUT2D eigenvalue weighted by atomic mass is 10.0. The van der Waals surface area contributed by atoms with Gasteiger partial charge in [-0.2, -0.15) is 0 Å². The molecule has 1 amide bonds. The quantitative estimate of drug-likeness (QED) is 0.663. The Hall–Kier alpha value is -2.37. The number of amides is 1. The number of carbonyl (C=O) groups excluding carboxylic acids is 1. The summed E-state index contributed by atoms with van der Waals surface area (Å²) in [7, 11) is 0. The van der Waals surface area contributed by atoms with E-state index in [9.17, 15) is 4.79 Å². The van der Waals surface area contributed by atoms with Crippen LogP contribution in [0.5, 0.6) is 0 Å². The molecule has 0 unspecified atom stereocenters. The van der Waals surface area contributed by atoms with Gasteiger partial charge in [0.25, 0.3) is 5.91 Å². The molecule has 27 heavy (non-hydrogen) atoms. The molecule has 0 bridgehead atoms. The second-order valence-electron chi connectivity index (χ2n) is 6.48. The molecule has 0 atom stereocenters. The summed E-state index contributed by atoms with van der Waals surface area (Å²) in [6.45, 7) is 4.70. The lowest BCUT2D eigenvalue weighted by Crippen LogP contribution is -2.27. The molecular formula is C21H18ClN3OS. The first-order valence-electron chi connectivity index (χ1n) is 8.68. The van der Waals surface area contributed by atoms with Crippen LogP contribution in [0.4, 0.5) is 0 Å². The maximum absolute atomic E-state index is 13.0. The van der Waals surface area contributed by atoms with Crippen LogP contribution < -0.4 is 5.32 Å². The van der Waals surface area contributed by atoms with Gasteiger partial charge in [-0.25, -0.2) is 4.98 Å². The van der Waals surface area contributed by atoms with E-state index in [0.29, 0.717) is 15.8 Å². The monoisotopic (exact) mass is 395 g/mol. The number of pyridine rings is 1. The third-order valence-corrected chi connectivity index (χ3v) is 5.83. The number of halogens is 1. The number of fused-ring (bicyclic) bond motifs is 1. The van der Waals surface area contributed by atoms with Gasteiger partial charge in [-0.3, -0.25) is 9.79 Å². The molecule has 1 N–H and O–H groups in total. The molecule has 3 aromatic rings. The number of thioether (sulfide) groups is 1. The van der Waals surface area contributed by atoms with Crippen LogP contribution in [0.2, 0.25) is 5.02 Å². The van der Waals surface area contributed by atoms with E-state index in [0.717, 1.165) is 45.6 Å². The zero-order valence-electron chi connectivity index (χ0n) is 15.0. The summed E-state index contributed by atoms with van der Waals surface area (Å²) in [5.74, 6) is 0.724. The molecule has 0 saturated carbocycles. The summed E-state index contributed by atoms with van der Waals surface area (Å²) in [5.41, 5.74) is 5.05. The van der Waals surface area contributed by atoms with Crippen LogP contribution in [0.25, 0.3) is 22.2 Å². The zero-order valence-corrected chi connectivity index (χ0v) is 16.6. The zero-order chi connectivity index (χ0) is 19.0. The Bertz CT molecular complexity index is 1090. The second kappa shape index (κ2) is 7.33. The van der Waals surface area contributed by atoms with E-state index in [1.807, 2.05) is 50.2 Å². The summed E-state index contributed by atoms with van der Waals surface area (Å²) in [6.07, 6.45) is 0. The first-order chi connectivity index (χ1) is 13.0. The van der Waals surface area contributed by atoms with Crippen molar-refractivity contribution in [1.29, 1.82) is 0 Å². The van der Waals surface area contributed by atoms with Crippen LogP contribution in [0.1, 0.15) is 21.5 Å². The van der Waals surface area contributed by atoms with E-state index < -0.39 is 0 Å². The third-order valence-electron chi connectivity index (χ3n) is 4.53. The highest BCUT2D eigenvalue weighted by Gasteiger charge is 2.19. The molecule has 0 aliphatic carbocycles. The molecule has 4 rings (SSSR count). The Labute approximate surface area is 167 Å². The van der Waals surface area contributed by atoms with Gasteiger partial charge >= 0.3 is 0 Å². The van der Waals surface area contributed by atoms with Gasteiger partial charge in [0.05, 0.1) is 23.3 Å². The van der Waals surface area contributed by atoms with Gasteiger partial charge in [0.2, 0.25) is 0 Å². The third kappa shape index (κ3) is 3.57. The molecule has 2 aromatic carbocycles. The fourth-order valence-corrected chi connectivity index (χ4v) is 4.00. The molecule has 0 spiro atoms. The summed E-state index contributed by atoms with van der Waals surface area (Å²) < 4.78 is 0. The van der Waals surface area contributed by atoms with Crippen LogP contribution in [0.15, 0.2) is 47.5 Å². The smallest absolute Gasteiger partial charge is 0.257 e. The number of hydrogen-bond donors (Lipinski definition) is 1. The Morgan fingerprint density at radius 2 is 2.04 bits per heavy atom. The molecule has 0 radical (unpaired) electrons. The second-order valence-corrected chi connectivity index (χ2v) is 7.97. The van der Waals surface area contributed by atoms with Crippen LogP contribution in [-0.2, 0) is 0 Å². The number of nitrogens with zero attached hydrogens (tertiary/aromatic N) is 2. The molecule has 0 saturated heterocycles. The van der Waals surface area contributed by atoms with Crippen molar-refractivity contribution in [3.05, 3.63) is 64.2 Å². The molecule has 136 valence electrons. The molecule has 1 aliphatic heterocycles. The van der Waals surface area contributed by atoms with Gasteiger partial charge in [-0.15, -0.1) is 0 Å². The number of benzene rings is 2. The van der Waals surface area contributed by atoms with Crippen molar-refractivity contribution in [1.82, 2.24) is 10.3 Å². The fraction of sp³-hybridized carbons (Fsp3) is 0.190. The molecule has 1 aliphatic rings. The minimum Gasteiger partial charge on any atom is -0.301 e. The SMILES string of the molecule is Cc1cccc(-c2cc(C(=O)NC3=NCCS3)c3ccc(Cl)c(C)c3n2)c1. The fourth-order valence-electron chi connectivity index (χ4n) is 3.12. The van der Waals surface area contributed by atoms with Gasteiger partial charge in [-0.1, -0.05) is 53.2 Å². The molecule has 0 fully saturated rings. The van der Waals surface area contributed by atoms with Crippen LogP contribution in [0.3, 0.4) is 0 Å². The Morgan fingerprint density at radius 1 is 1.19 bits per heavy atom. The number of nitrogens with one attached hydrogen (secondary N) is 1. The molecule has 6 heteroatoms. The van der Waals surface area contributed by atoms with Crippen molar-refractivity contribution in [2.24, 2.45) is 4.99 Å². The number of amidine groups is 1. The topological polar surface area (TPSA) is 54.4 Å². The normalized spacial score (nSPS) is 13.7. The van der Waals surface area contributed by atoms with Gasteiger partial charge in [-0.05, 0) is 37.6 Å². The van der Waals surface area contributed by atoms with E-state index in [1.54, 1.807) is 11.8 Å². The number of aromatic nitrogens is 1. The average Bonchev–Trinajstić information content (AvgIpc) is 3.17. The lowest BCUT2D eigenvalue weighted by Gasteiger charge is -2.13. The Kier molecular flexibility index (Phi) is 4.89. The number of aryl methyl sites for hydroxylation is 2. The lowest BCUT2D eigenvalue weighted by molar-refractivity contribution is 0.0979. The van der Waals surface area contributed by atoms with Crippen molar-refractivity contribution in [2.75, 3.05) is 12.3 Å². The van der Waals surface area contributed by atoms with Gasteiger partial charge < -0.3 is 5.32 Å². The van der Waals surface area contributed by atoms with Crippen molar-refractivity contribution in [3.63, 3.8) is 0 Å². The Morgan fingerprint density at radius 3 is 2.78 bits per heavy atom. The predicted molar refractivity (Wildman–Crippen MR) is 114 cm³/mol. The minimum absolute atomic E-state index is 0.175. The number of hydrogen-bond acceptors (Lipinski definition) is 4. The van der Waals surface area contributed by atoms with Crippen molar-refractivity contribution in [2.45, 2.75) is 13.8 Å². The van der Waals surface area contributed by atoms with Crippen LogP contribution in [0, 0.1) is 13.8 Å². The maximum atomic E-state index is 13.0. The summed E-state index contributed by atoms with van der Waals surface area (Å²) >= 11 is 7.88. The first kappa shape index (κ1) is 18.0. The molecule has 1 aromatic heterocycles. The maximum Gasteiger partial charge on any atom is 0.257 e. The number of aliphatic imine (C=N–C) groups is 1.